The van der Waals surface area contributed by atoms with Crippen molar-refractivity contribution in [3.8, 4) is 11.5 Å². The molecule has 5 rings (SSSR count). The van der Waals surface area contributed by atoms with Crippen molar-refractivity contribution in [2.24, 2.45) is 0 Å². The number of methoxy groups -OCH3 is 1. The fourth-order valence-corrected chi connectivity index (χ4v) is 4.37. The van der Waals surface area contributed by atoms with Gasteiger partial charge in [0.15, 0.2) is 5.11 Å². The first-order valence-electron chi connectivity index (χ1n) is 10.4. The zero-order chi connectivity index (χ0) is 23.7. The quantitative estimate of drug-likeness (QED) is 0.240. The number of carbonyl (C=O) groups is 1. The summed E-state index contributed by atoms with van der Waals surface area (Å²) >= 11 is 8.87. The van der Waals surface area contributed by atoms with E-state index in [-0.39, 0.29) is 17.6 Å². The van der Waals surface area contributed by atoms with Crippen molar-refractivity contribution in [2.75, 3.05) is 12.0 Å². The molecule has 34 heavy (non-hydrogen) atoms. The van der Waals surface area contributed by atoms with Crippen molar-refractivity contribution in [1.82, 2.24) is 5.32 Å². The van der Waals surface area contributed by atoms with Crippen LogP contribution in [0, 0.1) is 0 Å². The predicted octanol–water partition coefficient (Wildman–Crippen LogP) is 6.05. The highest BCUT2D eigenvalue weighted by atomic mass is 79.9. The second-order valence-corrected chi connectivity index (χ2v) is 8.85. The Morgan fingerprint density at radius 3 is 2.71 bits per heavy atom. The molecule has 1 fully saturated rings. The maximum absolute atomic E-state index is 13.0. The van der Waals surface area contributed by atoms with E-state index in [4.69, 9.17) is 26.1 Å². The third-order valence-electron chi connectivity index (χ3n) is 5.33. The van der Waals surface area contributed by atoms with Crippen LogP contribution in [-0.2, 0) is 11.4 Å². The van der Waals surface area contributed by atoms with E-state index in [1.165, 1.54) is 4.90 Å². The number of anilines is 1. The molecule has 0 radical (unpaired) electrons. The Kier molecular flexibility index (Phi) is 6.08. The highest BCUT2D eigenvalue weighted by molar-refractivity contribution is 9.10. The molecule has 1 aromatic heterocycles. The highest BCUT2D eigenvalue weighted by Crippen LogP contribution is 2.31. The van der Waals surface area contributed by atoms with Crippen LogP contribution in [0.1, 0.15) is 11.5 Å². The molecule has 0 atom stereocenters. The molecule has 0 spiro atoms. The smallest absolute Gasteiger partial charge is 0.281 e. The number of amides is 1. The maximum atomic E-state index is 13.0. The van der Waals surface area contributed by atoms with Gasteiger partial charge in [-0.3, -0.25) is 4.79 Å². The Morgan fingerprint density at radius 2 is 1.85 bits per heavy atom. The van der Waals surface area contributed by atoms with Crippen molar-refractivity contribution in [2.45, 2.75) is 6.61 Å². The summed E-state index contributed by atoms with van der Waals surface area (Å²) in [6, 6.07) is 22.8. The largest absolute Gasteiger partial charge is 0.495 e. The molecule has 1 saturated heterocycles. The number of hydrogen-bond acceptors (Lipinski definition) is 5. The second kappa shape index (κ2) is 9.32. The number of furan rings is 1. The van der Waals surface area contributed by atoms with Gasteiger partial charge in [0.2, 0.25) is 0 Å². The van der Waals surface area contributed by atoms with Gasteiger partial charge in [-0.2, -0.15) is 0 Å². The van der Waals surface area contributed by atoms with Crippen LogP contribution in [0.4, 0.5) is 5.69 Å². The molecule has 0 unspecified atom stereocenters. The first-order chi connectivity index (χ1) is 16.5. The monoisotopic (exact) mass is 534 g/mol. The molecule has 1 aliphatic heterocycles. The van der Waals surface area contributed by atoms with Crippen LogP contribution >= 0.6 is 28.1 Å². The number of fused-ring (bicyclic) bond motifs is 1. The van der Waals surface area contributed by atoms with Gasteiger partial charge >= 0.3 is 0 Å². The van der Waals surface area contributed by atoms with Crippen molar-refractivity contribution in [3.63, 3.8) is 0 Å². The van der Waals surface area contributed by atoms with Crippen LogP contribution in [0.25, 0.3) is 16.8 Å². The molecule has 1 amide bonds. The van der Waals surface area contributed by atoms with E-state index in [0.29, 0.717) is 28.7 Å². The fraction of sp³-hybridized carbons (Fsp3) is 0.0769. The van der Waals surface area contributed by atoms with Crippen molar-refractivity contribution < 1.29 is 18.7 Å². The summed E-state index contributed by atoms with van der Waals surface area (Å²) in [6.07, 6.45) is 1.63. The minimum absolute atomic E-state index is 0.262. The summed E-state index contributed by atoms with van der Waals surface area (Å²) in [5, 5.41) is 5.45. The van der Waals surface area contributed by atoms with E-state index in [2.05, 4.69) is 27.3 Å². The van der Waals surface area contributed by atoms with E-state index >= 15 is 0 Å². The lowest BCUT2D eigenvalue weighted by molar-refractivity contribution is -0.113. The SMILES string of the molecule is COc1ccccc1N1C(=O)/C(=C\c2ccc(COc3ccc4cc(Br)ccc4c3)o2)NC1=S. The Hall–Kier alpha value is -3.62. The van der Waals surface area contributed by atoms with Crippen LogP contribution in [0.15, 0.2) is 87.4 Å². The van der Waals surface area contributed by atoms with E-state index in [1.54, 1.807) is 31.4 Å². The van der Waals surface area contributed by atoms with E-state index in [9.17, 15) is 4.79 Å². The molecule has 8 heteroatoms. The number of thiocarbonyl (C=S) groups is 1. The average molecular weight is 535 g/mol. The molecule has 0 aliphatic carbocycles. The number of nitrogens with zero attached hydrogens (tertiary/aromatic N) is 1. The van der Waals surface area contributed by atoms with Crippen molar-refractivity contribution >= 4 is 61.7 Å². The number of benzene rings is 3. The number of ether oxygens (including phenoxy) is 2. The molecule has 170 valence electrons. The molecule has 0 bridgehead atoms. The van der Waals surface area contributed by atoms with Crippen LogP contribution in [-0.4, -0.2) is 18.1 Å². The number of carbonyl (C=O) groups excluding carboxylic acids is 1. The Balaban J connectivity index is 1.29. The first kappa shape index (κ1) is 22.2. The molecular weight excluding hydrogens is 516 g/mol. The Labute approximate surface area is 209 Å². The molecule has 6 nitrogen and oxygen atoms in total. The lowest BCUT2D eigenvalue weighted by Crippen LogP contribution is -2.30. The van der Waals surface area contributed by atoms with E-state index < -0.39 is 0 Å². The minimum atomic E-state index is -0.286. The third-order valence-corrected chi connectivity index (χ3v) is 6.11. The van der Waals surface area contributed by atoms with Gasteiger partial charge in [0.25, 0.3) is 5.91 Å². The number of hydrogen-bond donors (Lipinski definition) is 1. The summed E-state index contributed by atoms with van der Waals surface area (Å²) < 4.78 is 18.2. The molecule has 4 aromatic rings. The van der Waals surface area contributed by atoms with Crippen LogP contribution < -0.4 is 19.7 Å². The summed E-state index contributed by atoms with van der Waals surface area (Å²) in [4.78, 5) is 14.4. The van der Waals surface area contributed by atoms with Crippen LogP contribution in [0.3, 0.4) is 0 Å². The van der Waals surface area contributed by atoms with E-state index in [0.717, 1.165) is 21.0 Å². The van der Waals surface area contributed by atoms with Gasteiger partial charge in [-0.15, -0.1) is 0 Å². The fourth-order valence-electron chi connectivity index (χ4n) is 3.70. The van der Waals surface area contributed by atoms with Gasteiger partial charge in [0, 0.05) is 10.5 Å². The Morgan fingerprint density at radius 1 is 1.06 bits per heavy atom. The highest BCUT2D eigenvalue weighted by Gasteiger charge is 2.33. The zero-order valence-electron chi connectivity index (χ0n) is 18.1. The van der Waals surface area contributed by atoms with Crippen LogP contribution in [0.5, 0.6) is 11.5 Å². The van der Waals surface area contributed by atoms with Gasteiger partial charge in [-0.25, -0.2) is 4.90 Å². The van der Waals surface area contributed by atoms with Gasteiger partial charge in [0.05, 0.1) is 12.8 Å². The van der Waals surface area contributed by atoms with Crippen LogP contribution in [0.2, 0.25) is 0 Å². The number of nitrogens with one attached hydrogen (secondary N) is 1. The van der Waals surface area contributed by atoms with Gasteiger partial charge < -0.3 is 19.2 Å². The topological polar surface area (TPSA) is 63.9 Å². The standard InChI is InChI=1S/C26H19BrN2O4S/c1-31-24-5-3-2-4-23(24)29-25(30)22(28-26(29)34)14-20-10-11-21(33-20)15-32-19-9-7-16-12-18(27)8-6-17(16)13-19/h2-14H,15H2,1H3,(H,28,34)/b22-14+. The molecule has 2 heterocycles. The maximum Gasteiger partial charge on any atom is 0.281 e. The summed E-state index contributed by atoms with van der Waals surface area (Å²) in [7, 11) is 1.55. The molecule has 1 aliphatic rings. The number of rotatable bonds is 6. The number of para-hydroxylation sites is 2. The predicted molar refractivity (Wildman–Crippen MR) is 139 cm³/mol. The summed E-state index contributed by atoms with van der Waals surface area (Å²) in [6.45, 7) is 0.262. The lowest BCUT2D eigenvalue weighted by atomic mass is 10.1. The van der Waals surface area contributed by atoms with Gasteiger partial charge in [0.1, 0.15) is 35.3 Å². The third kappa shape index (κ3) is 4.42. The second-order valence-electron chi connectivity index (χ2n) is 7.55. The van der Waals surface area contributed by atoms with Crippen molar-refractivity contribution in [3.05, 3.63) is 94.5 Å². The Bertz CT molecular complexity index is 1450. The van der Waals surface area contributed by atoms with Gasteiger partial charge in [-0.1, -0.05) is 40.2 Å². The van der Waals surface area contributed by atoms with E-state index in [1.807, 2.05) is 48.5 Å². The lowest BCUT2D eigenvalue weighted by Gasteiger charge is -2.17. The van der Waals surface area contributed by atoms with Crippen molar-refractivity contribution in [1.29, 1.82) is 0 Å². The molecular formula is C26H19BrN2O4S. The minimum Gasteiger partial charge on any atom is -0.495 e. The summed E-state index contributed by atoms with van der Waals surface area (Å²) in [5.41, 5.74) is 0.894. The average Bonchev–Trinajstić information content (AvgIpc) is 3.40. The first-order valence-corrected chi connectivity index (χ1v) is 11.6. The molecule has 1 N–H and O–H groups in total. The zero-order valence-corrected chi connectivity index (χ0v) is 20.5. The summed E-state index contributed by atoms with van der Waals surface area (Å²) in [5.74, 6) is 2.17. The molecule has 3 aromatic carbocycles. The number of halogens is 1. The van der Waals surface area contributed by atoms with Gasteiger partial charge in [-0.05, 0) is 71.5 Å². The molecule has 0 saturated carbocycles. The normalized spacial score (nSPS) is 14.6.